The second-order valence-corrected chi connectivity index (χ2v) is 11.2. The van der Waals surface area contributed by atoms with E-state index in [1.165, 1.54) is 4.90 Å². The zero-order valence-corrected chi connectivity index (χ0v) is 22.6. The minimum absolute atomic E-state index is 0.0397. The fourth-order valence-electron chi connectivity index (χ4n) is 6.27. The van der Waals surface area contributed by atoms with Crippen molar-refractivity contribution in [3.05, 3.63) is 58.8 Å². The Morgan fingerprint density at radius 3 is 2.72 bits per heavy atom. The van der Waals surface area contributed by atoms with Crippen molar-refractivity contribution < 1.29 is 22.8 Å². The number of aromatic nitrogens is 3. The van der Waals surface area contributed by atoms with Gasteiger partial charge in [0.15, 0.2) is 5.65 Å². The number of anilines is 1. The summed E-state index contributed by atoms with van der Waals surface area (Å²) in [6.07, 6.45) is 0.0699. The van der Waals surface area contributed by atoms with Crippen LogP contribution < -0.4 is 4.90 Å². The van der Waals surface area contributed by atoms with E-state index in [0.29, 0.717) is 43.7 Å². The van der Waals surface area contributed by atoms with Crippen molar-refractivity contribution >= 4 is 50.2 Å². The van der Waals surface area contributed by atoms with E-state index < -0.39 is 30.1 Å². The molecular formula is C27H26BrF3N6O2. The average molecular weight is 603 g/mol. The largest absolute Gasteiger partial charge is 0.408 e. The molecule has 5 heterocycles. The maximum absolute atomic E-state index is 14.0. The number of halogens is 4. The van der Waals surface area contributed by atoms with E-state index in [0.717, 1.165) is 31.6 Å². The quantitative estimate of drug-likeness (QED) is 0.471. The number of amides is 2. The summed E-state index contributed by atoms with van der Waals surface area (Å²) in [7, 11) is 0. The van der Waals surface area contributed by atoms with Crippen molar-refractivity contribution in [2.75, 3.05) is 31.1 Å². The van der Waals surface area contributed by atoms with Crippen molar-refractivity contribution in [3.8, 4) is 0 Å². The molecule has 0 aliphatic carbocycles. The zero-order valence-electron chi connectivity index (χ0n) is 21.0. The minimum atomic E-state index is -4.49. The molecule has 39 heavy (non-hydrogen) atoms. The third-order valence-corrected chi connectivity index (χ3v) is 8.94. The lowest BCUT2D eigenvalue weighted by Crippen LogP contribution is -2.52. The van der Waals surface area contributed by atoms with Crippen LogP contribution in [0.1, 0.15) is 36.8 Å². The molecule has 1 N–H and O–H groups in total. The summed E-state index contributed by atoms with van der Waals surface area (Å²) >= 11 is 3.61. The summed E-state index contributed by atoms with van der Waals surface area (Å²) in [4.78, 5) is 35.9. The van der Waals surface area contributed by atoms with Crippen molar-refractivity contribution in [2.24, 2.45) is 0 Å². The number of rotatable bonds is 4. The lowest BCUT2D eigenvalue weighted by Gasteiger charge is -2.40. The summed E-state index contributed by atoms with van der Waals surface area (Å²) in [6, 6.07) is 5.56. The molecule has 2 aromatic heterocycles. The molecule has 8 nitrogen and oxygen atoms in total. The molecule has 1 spiro atoms. The van der Waals surface area contributed by atoms with Crippen LogP contribution in [0.3, 0.4) is 0 Å². The first-order valence-electron chi connectivity index (χ1n) is 12.8. The van der Waals surface area contributed by atoms with Gasteiger partial charge in [0.05, 0.1) is 11.6 Å². The van der Waals surface area contributed by atoms with E-state index in [1.807, 2.05) is 12.1 Å². The third-order valence-electron chi connectivity index (χ3n) is 8.28. The van der Waals surface area contributed by atoms with Crippen molar-refractivity contribution in [2.45, 2.75) is 43.3 Å². The van der Waals surface area contributed by atoms with Crippen LogP contribution in [0.2, 0.25) is 0 Å². The average Bonchev–Trinajstić information content (AvgIpc) is 3.64. The summed E-state index contributed by atoms with van der Waals surface area (Å²) in [5.74, 6) is -0.925. The Morgan fingerprint density at radius 2 is 1.97 bits per heavy atom. The molecule has 2 amide bonds. The van der Waals surface area contributed by atoms with E-state index >= 15 is 0 Å². The molecule has 1 unspecified atom stereocenters. The Kier molecular flexibility index (Phi) is 6.20. The van der Waals surface area contributed by atoms with Gasteiger partial charge in [-0.1, -0.05) is 28.6 Å². The van der Waals surface area contributed by atoms with Crippen LogP contribution in [0, 0.1) is 0 Å². The van der Waals surface area contributed by atoms with Crippen LogP contribution in [-0.2, 0) is 15.0 Å². The van der Waals surface area contributed by atoms with Gasteiger partial charge in [0.2, 0.25) is 11.8 Å². The molecule has 3 aromatic rings. The summed E-state index contributed by atoms with van der Waals surface area (Å²) in [6.45, 7) is 4.98. The molecule has 0 radical (unpaired) electrons. The normalized spacial score (nSPS) is 20.8. The zero-order chi connectivity index (χ0) is 27.5. The third kappa shape index (κ3) is 4.19. The van der Waals surface area contributed by atoms with Gasteiger partial charge < -0.3 is 14.7 Å². The number of nitrogens with one attached hydrogen (secondary N) is 1. The number of likely N-dealkylation sites (tertiary alicyclic amines) is 2. The predicted molar refractivity (Wildman–Crippen MR) is 143 cm³/mol. The first-order chi connectivity index (χ1) is 18.6. The SMILES string of the molecule is C=C(c1cnc2[nH]ncc2c1)N1CCC2(CC1)C(=O)N(CC(=O)N1CCCC1C(F)(F)F)c1cccc(Br)c12. The number of aromatic amines is 1. The van der Waals surface area contributed by atoms with Crippen LogP contribution in [0.4, 0.5) is 18.9 Å². The van der Waals surface area contributed by atoms with E-state index in [1.54, 1.807) is 24.5 Å². The van der Waals surface area contributed by atoms with Crippen molar-refractivity contribution in [3.63, 3.8) is 0 Å². The lowest BCUT2D eigenvalue weighted by molar-refractivity contribution is -0.182. The summed E-state index contributed by atoms with van der Waals surface area (Å²) in [5, 5.41) is 7.71. The minimum Gasteiger partial charge on any atom is -0.371 e. The van der Waals surface area contributed by atoms with Gasteiger partial charge in [-0.15, -0.1) is 0 Å². The Balaban J connectivity index is 1.24. The predicted octanol–water partition coefficient (Wildman–Crippen LogP) is 4.62. The Morgan fingerprint density at radius 1 is 1.21 bits per heavy atom. The molecular weight excluding hydrogens is 577 g/mol. The molecule has 1 atom stereocenters. The van der Waals surface area contributed by atoms with E-state index in [9.17, 15) is 22.8 Å². The fraction of sp³-hybridized carbons (Fsp3) is 0.407. The number of nitrogens with zero attached hydrogens (tertiary/aromatic N) is 5. The highest BCUT2D eigenvalue weighted by Gasteiger charge is 2.54. The number of benzene rings is 1. The molecule has 2 fully saturated rings. The van der Waals surface area contributed by atoms with Gasteiger partial charge in [-0.3, -0.25) is 14.7 Å². The Hall–Kier alpha value is -3.41. The van der Waals surface area contributed by atoms with Crippen LogP contribution >= 0.6 is 15.9 Å². The molecule has 3 aliphatic rings. The van der Waals surface area contributed by atoms with E-state index in [2.05, 4.69) is 42.6 Å². The smallest absolute Gasteiger partial charge is 0.371 e. The monoisotopic (exact) mass is 602 g/mol. The number of carbonyl (C=O) groups excluding carboxylic acids is 2. The van der Waals surface area contributed by atoms with Gasteiger partial charge in [0.25, 0.3) is 0 Å². The first-order valence-corrected chi connectivity index (χ1v) is 13.6. The fourth-order valence-corrected chi connectivity index (χ4v) is 7.01. The number of pyridine rings is 1. The number of piperidine rings is 1. The molecule has 204 valence electrons. The van der Waals surface area contributed by atoms with Crippen LogP contribution in [0.5, 0.6) is 0 Å². The number of H-pyrrole nitrogens is 1. The van der Waals surface area contributed by atoms with Gasteiger partial charge in [0.1, 0.15) is 12.6 Å². The highest BCUT2D eigenvalue weighted by atomic mass is 79.9. The number of fused-ring (bicyclic) bond motifs is 3. The molecule has 6 rings (SSSR count). The Bertz CT molecular complexity index is 1480. The van der Waals surface area contributed by atoms with Crippen LogP contribution in [0.15, 0.2) is 47.7 Å². The van der Waals surface area contributed by atoms with Gasteiger partial charge in [-0.25, -0.2) is 4.98 Å². The van der Waals surface area contributed by atoms with Crippen LogP contribution in [-0.4, -0.2) is 75.2 Å². The van der Waals surface area contributed by atoms with E-state index in [4.69, 9.17) is 0 Å². The standard InChI is InChI=1S/C27H26BrF3N6O2/c1-16(17-12-18-14-33-34-24(18)32-13-17)35-10-7-26(8-11-35)23-19(28)4-2-5-20(23)37(25(26)39)15-22(38)36-9-3-6-21(36)27(29,30)31/h2,4-5,12-14,21H,1,3,6-11,15H2,(H,32,33,34). The van der Waals surface area contributed by atoms with Crippen molar-refractivity contribution in [1.82, 2.24) is 25.0 Å². The topological polar surface area (TPSA) is 85.4 Å². The maximum Gasteiger partial charge on any atom is 0.408 e. The maximum atomic E-state index is 14.0. The molecule has 12 heteroatoms. The van der Waals surface area contributed by atoms with E-state index in [-0.39, 0.29) is 18.9 Å². The molecule has 2 saturated heterocycles. The number of hydrogen-bond donors (Lipinski definition) is 1. The highest BCUT2D eigenvalue weighted by Crippen LogP contribution is 2.51. The summed E-state index contributed by atoms with van der Waals surface area (Å²) in [5.41, 5.74) is 2.82. The number of hydrogen-bond acceptors (Lipinski definition) is 5. The number of carbonyl (C=O) groups is 2. The second kappa shape index (κ2) is 9.35. The Labute approximate surface area is 231 Å². The van der Waals surface area contributed by atoms with Gasteiger partial charge in [0, 0.05) is 58.2 Å². The molecule has 0 bridgehead atoms. The van der Waals surface area contributed by atoms with Gasteiger partial charge >= 0.3 is 6.18 Å². The molecule has 0 saturated carbocycles. The lowest BCUT2D eigenvalue weighted by atomic mass is 9.73. The van der Waals surface area contributed by atoms with Crippen LogP contribution in [0.25, 0.3) is 16.7 Å². The number of alkyl halides is 3. The first kappa shape index (κ1) is 25.8. The molecule has 3 aliphatic heterocycles. The second-order valence-electron chi connectivity index (χ2n) is 10.4. The highest BCUT2D eigenvalue weighted by molar-refractivity contribution is 9.10. The van der Waals surface area contributed by atoms with Gasteiger partial charge in [-0.05, 0) is 43.9 Å². The van der Waals surface area contributed by atoms with Crippen molar-refractivity contribution in [1.29, 1.82) is 0 Å². The summed E-state index contributed by atoms with van der Waals surface area (Å²) < 4.78 is 41.3. The molecule has 1 aromatic carbocycles. The van der Waals surface area contributed by atoms with Gasteiger partial charge in [-0.2, -0.15) is 18.3 Å².